The zero-order valence-electron chi connectivity index (χ0n) is 48.8. The molecule has 3 aliphatic carbocycles. The molecule has 4 aliphatic rings. The van der Waals surface area contributed by atoms with Crippen molar-refractivity contribution in [1.29, 1.82) is 0 Å². The van der Waals surface area contributed by atoms with Gasteiger partial charge in [0, 0.05) is 50.0 Å². The first kappa shape index (κ1) is 70.6. The van der Waals surface area contributed by atoms with Crippen LogP contribution in [0.4, 0.5) is 9.59 Å². The fourth-order valence-corrected chi connectivity index (χ4v) is 10.6. The first-order valence-corrected chi connectivity index (χ1v) is 27.2. The third kappa shape index (κ3) is 18.7. The highest BCUT2D eigenvalue weighted by atomic mass is 16.6. The summed E-state index contributed by atoms with van der Waals surface area (Å²) in [6.45, 7) is 17.8. The molecule has 2 saturated carbocycles. The number of ketones is 1. The summed E-state index contributed by atoms with van der Waals surface area (Å²) in [5.74, 6) is -5.14. The molecule has 448 valence electrons. The van der Waals surface area contributed by atoms with Crippen molar-refractivity contribution in [2.24, 2.45) is 22.7 Å². The quantitative estimate of drug-likeness (QED) is 0.0246. The first-order chi connectivity index (χ1) is 38.7. The van der Waals surface area contributed by atoms with Crippen LogP contribution in [-0.2, 0) is 49.5 Å². The van der Waals surface area contributed by atoms with Crippen LogP contribution in [0.2, 0.25) is 0 Å². The van der Waals surface area contributed by atoms with Crippen molar-refractivity contribution in [3.05, 3.63) is 119 Å². The minimum Gasteiger partial charge on any atom is -0.481 e. The Hall–Kier alpha value is -7.55. The summed E-state index contributed by atoms with van der Waals surface area (Å²) in [6, 6.07) is 25.7. The van der Waals surface area contributed by atoms with Gasteiger partial charge in [-0.1, -0.05) is 113 Å². The van der Waals surface area contributed by atoms with Crippen molar-refractivity contribution in [2.75, 3.05) is 13.2 Å². The number of amides is 2. The highest BCUT2D eigenvalue weighted by molar-refractivity contribution is 5.94. The number of aliphatic carboxylic acids is 2. The van der Waals surface area contributed by atoms with E-state index >= 15 is 0 Å². The monoisotopic (exact) mass is 1140 g/mol. The van der Waals surface area contributed by atoms with Gasteiger partial charge in [-0.15, -0.1) is 25.7 Å². The Morgan fingerprint density at radius 2 is 1.35 bits per heavy atom. The number of carbonyl (C=O) groups is 7. The first-order valence-electron chi connectivity index (χ1n) is 27.2. The van der Waals surface area contributed by atoms with E-state index in [-0.39, 0.29) is 50.0 Å². The van der Waals surface area contributed by atoms with Gasteiger partial charge in [-0.25, -0.2) is 14.4 Å². The van der Waals surface area contributed by atoms with Crippen molar-refractivity contribution in [2.45, 2.75) is 169 Å². The number of fused-ring (bicyclic) bond motifs is 5. The lowest BCUT2D eigenvalue weighted by Gasteiger charge is -2.64. The standard InChI is InChI=1S/C41H51NO11.C14H19NO4.C2H4O2.C2H6.2C2H2/c1-22-28(51-30(44)18-26(23-14-10-8-11-15-23)42-37(48)53-38(2,3)4)20-41(49)35(52-36(47)24-16-12-9-13-17-24)32-25-21-50-27(25)19-29(43)40(32,7)34(46)33(45)31(22)39(41,5)6;16-13(17)9-5-2-6-10-15-14(18)19-11-12-7-3-1-4-8-12;1-2(3)4;3*1-2/h8-17,25-29,32-33,35,43,45,49H,18-21H2,1-7H3,(H,42,48);1,3-4,7-8H,2,5-6,9-11H2,(H,15,18)(H,16,17);1H3,(H,3,4);1-2H3;2*1-2H/t25-,26-,27-,28+,29+,32?,33-,35+,40-,41-;;;;;/m1...../s1. The van der Waals surface area contributed by atoms with Crippen LogP contribution in [0, 0.1) is 48.4 Å². The third-order valence-electron chi connectivity index (χ3n) is 14.6. The van der Waals surface area contributed by atoms with Gasteiger partial charge in [0.1, 0.15) is 36.1 Å². The molecular weight excluding hydrogens is 1060 g/mol. The summed E-state index contributed by atoms with van der Waals surface area (Å²) in [5.41, 5.74) is -3.58. The Bertz CT molecular complexity index is 2620. The predicted molar refractivity (Wildman–Crippen MR) is 306 cm³/mol. The minimum absolute atomic E-state index is 0.125. The van der Waals surface area contributed by atoms with Crippen molar-refractivity contribution in [3.63, 3.8) is 0 Å². The Balaban J connectivity index is 0.000000658. The average molecular weight is 1140 g/mol. The molecule has 10 atom stereocenters. The Morgan fingerprint density at radius 3 is 1.88 bits per heavy atom. The average Bonchev–Trinajstić information content (AvgIpc) is 1.09. The van der Waals surface area contributed by atoms with Crippen LogP contribution >= 0.6 is 0 Å². The molecule has 1 aliphatic heterocycles. The van der Waals surface area contributed by atoms with Gasteiger partial charge in [0.2, 0.25) is 0 Å². The van der Waals surface area contributed by atoms with Gasteiger partial charge in [-0.05, 0) is 81.9 Å². The van der Waals surface area contributed by atoms with E-state index < -0.39 is 112 Å². The second-order valence-corrected chi connectivity index (χ2v) is 21.4. The van der Waals surface area contributed by atoms with Crippen LogP contribution in [0.3, 0.4) is 0 Å². The maximum Gasteiger partial charge on any atom is 0.408 e. The highest BCUT2D eigenvalue weighted by Gasteiger charge is 2.72. The fourth-order valence-electron chi connectivity index (χ4n) is 10.6. The predicted octanol–water partition coefficient (Wildman–Crippen LogP) is 8.78. The molecule has 3 aromatic carbocycles. The summed E-state index contributed by atoms with van der Waals surface area (Å²) in [7, 11) is 0. The molecule has 7 rings (SSSR count). The molecule has 19 heteroatoms. The second-order valence-electron chi connectivity index (χ2n) is 21.4. The number of carbonyl (C=O) groups excluding carboxylic acids is 5. The maximum absolute atomic E-state index is 14.6. The van der Waals surface area contributed by atoms with Crippen molar-refractivity contribution < 1.29 is 82.8 Å². The third-order valence-corrected chi connectivity index (χ3v) is 14.6. The summed E-state index contributed by atoms with van der Waals surface area (Å²) in [5, 5.41) is 58.1. The number of Topliss-reactive ketones (excluding diaryl/α,β-unsaturated/α-hetero) is 1. The summed E-state index contributed by atoms with van der Waals surface area (Å²) >= 11 is 0. The largest absolute Gasteiger partial charge is 0.481 e. The Kier molecular flexibility index (Phi) is 28.2. The molecule has 7 N–H and O–H groups in total. The van der Waals surface area contributed by atoms with Crippen LogP contribution in [0.5, 0.6) is 0 Å². The molecule has 0 aromatic heterocycles. The molecule has 1 saturated heterocycles. The SMILES string of the molecule is C#C.C#C.CC.CC(=O)O.CC1=C2[C@@H](O)C(=O)[C@@]3(C)C([C@@H]4CO[C@@H]4C[C@@H]3O)[C@H](OC(=O)c3ccccc3)[C@](O)(C[C@@H]1OC(=O)C[C@@H](NC(=O)OC(C)(C)C)c1ccccc1)C2(C)C.O=C(O)CCCCCNC(=O)OCc1ccccc1. The van der Waals surface area contributed by atoms with Gasteiger partial charge >= 0.3 is 30.1 Å². The maximum atomic E-state index is 14.6. The van der Waals surface area contributed by atoms with E-state index in [9.17, 15) is 44.1 Å². The molecule has 2 amide bonds. The van der Waals surface area contributed by atoms with Crippen molar-refractivity contribution in [3.8, 4) is 25.7 Å². The fraction of sp³-hybridized carbons (Fsp3) is 0.508. The Labute approximate surface area is 482 Å². The molecule has 1 heterocycles. The van der Waals surface area contributed by atoms with E-state index in [1.807, 2.05) is 44.2 Å². The molecular formula is C63H84N2O17. The smallest absolute Gasteiger partial charge is 0.408 e. The van der Waals surface area contributed by atoms with E-state index in [4.69, 9.17) is 38.7 Å². The second kappa shape index (κ2) is 32.8. The zero-order chi connectivity index (χ0) is 62.2. The number of carboxylic acids is 2. The van der Waals surface area contributed by atoms with E-state index in [2.05, 4.69) is 36.3 Å². The molecule has 82 heavy (non-hydrogen) atoms. The molecule has 2 bridgehead atoms. The lowest BCUT2D eigenvalue weighted by Crippen LogP contribution is -2.75. The number of unbranched alkanes of at least 4 members (excludes halogenated alkanes) is 2. The lowest BCUT2D eigenvalue weighted by atomic mass is 9.46. The molecule has 0 spiro atoms. The number of nitrogens with one attached hydrogen (secondary N) is 2. The summed E-state index contributed by atoms with van der Waals surface area (Å²) in [6.07, 6.45) is 10.7. The normalized spacial score (nSPS) is 24.6. The van der Waals surface area contributed by atoms with Crippen LogP contribution < -0.4 is 10.6 Å². The van der Waals surface area contributed by atoms with E-state index in [1.165, 1.54) is 0 Å². The molecule has 3 aromatic rings. The topological polar surface area (TPSA) is 291 Å². The van der Waals surface area contributed by atoms with Gasteiger partial charge < -0.3 is 59.9 Å². The van der Waals surface area contributed by atoms with Gasteiger partial charge in [0.15, 0.2) is 5.78 Å². The highest BCUT2D eigenvalue weighted by Crippen LogP contribution is 2.62. The summed E-state index contributed by atoms with van der Waals surface area (Å²) < 4.78 is 28.7. The number of aliphatic hydroxyl groups excluding tert-OH is 2. The number of esters is 2. The number of ether oxygens (including phenoxy) is 5. The van der Waals surface area contributed by atoms with E-state index in [0.29, 0.717) is 24.1 Å². The minimum atomic E-state index is -2.03. The van der Waals surface area contributed by atoms with Gasteiger partial charge in [-0.2, -0.15) is 0 Å². The van der Waals surface area contributed by atoms with Crippen molar-refractivity contribution in [1.82, 2.24) is 10.6 Å². The van der Waals surface area contributed by atoms with Gasteiger partial charge in [0.05, 0.1) is 42.3 Å². The Morgan fingerprint density at radius 1 is 0.805 bits per heavy atom. The number of carboxylic acid groups (broad SMARTS) is 2. The molecule has 1 unspecified atom stereocenters. The number of terminal acetylenes is 2. The van der Waals surface area contributed by atoms with Crippen molar-refractivity contribution >= 4 is 41.8 Å². The molecule has 3 fully saturated rings. The zero-order valence-corrected chi connectivity index (χ0v) is 48.8. The van der Waals surface area contributed by atoms with Crippen LogP contribution in [0.1, 0.15) is 142 Å². The lowest BCUT2D eigenvalue weighted by molar-refractivity contribution is -0.277. The number of hydrogen-bond acceptors (Lipinski definition) is 15. The number of hydrogen-bond donors (Lipinski definition) is 7. The van der Waals surface area contributed by atoms with Crippen LogP contribution in [0.15, 0.2) is 102 Å². The number of aliphatic hydroxyl groups is 3. The molecule has 0 radical (unpaired) electrons. The molecule has 19 nitrogen and oxygen atoms in total. The van der Waals surface area contributed by atoms with E-state index in [1.54, 1.807) is 109 Å². The van der Waals surface area contributed by atoms with Gasteiger partial charge in [0.25, 0.3) is 5.97 Å². The number of rotatable bonds is 15. The summed E-state index contributed by atoms with van der Waals surface area (Å²) in [4.78, 5) is 85.9. The van der Waals surface area contributed by atoms with E-state index in [0.717, 1.165) is 25.3 Å². The van der Waals surface area contributed by atoms with Crippen LogP contribution in [0.25, 0.3) is 0 Å². The van der Waals surface area contributed by atoms with Gasteiger partial charge in [-0.3, -0.25) is 19.2 Å². The number of benzene rings is 3. The number of alkyl carbamates (subject to hydrolysis) is 2. The van der Waals surface area contributed by atoms with Crippen LogP contribution in [-0.4, -0.2) is 122 Å².